The first kappa shape index (κ1) is 9.97. The van der Waals surface area contributed by atoms with Crippen LogP contribution in [0.25, 0.3) is 0 Å². The summed E-state index contributed by atoms with van der Waals surface area (Å²) in [6.45, 7) is 0. The van der Waals surface area contributed by atoms with E-state index in [0.29, 0.717) is 16.0 Å². The fourth-order valence-corrected chi connectivity index (χ4v) is 2.41. The third-order valence-electron chi connectivity index (χ3n) is 2.89. The van der Waals surface area contributed by atoms with Crippen LogP contribution in [0.2, 0.25) is 0 Å². The lowest BCUT2D eigenvalue weighted by atomic mass is 9.97. The topological polar surface area (TPSA) is 20.2 Å². The molecule has 1 fully saturated rings. The quantitative estimate of drug-likeness (QED) is 0.809. The van der Waals surface area contributed by atoms with Crippen molar-refractivity contribution < 1.29 is 9.50 Å². The molecule has 1 N–H and O–H groups in total. The van der Waals surface area contributed by atoms with E-state index in [4.69, 9.17) is 0 Å². The minimum atomic E-state index is -0.453. The Morgan fingerprint density at radius 1 is 1.29 bits per heavy atom. The Bertz CT molecular complexity index is 345. The van der Waals surface area contributed by atoms with Crippen LogP contribution in [0.5, 0.6) is 5.75 Å². The zero-order valence-corrected chi connectivity index (χ0v) is 9.35. The molecule has 1 aliphatic rings. The van der Waals surface area contributed by atoms with Crippen LogP contribution in [0.1, 0.15) is 37.2 Å². The van der Waals surface area contributed by atoms with Gasteiger partial charge < -0.3 is 5.11 Å². The van der Waals surface area contributed by atoms with E-state index in [1.807, 2.05) is 0 Å². The number of phenolic OH excluding ortho intramolecular Hbond substituents is 1. The second-order valence-electron chi connectivity index (χ2n) is 3.78. The van der Waals surface area contributed by atoms with Crippen molar-refractivity contribution in [2.45, 2.75) is 31.6 Å². The second-order valence-corrected chi connectivity index (χ2v) is 4.63. The van der Waals surface area contributed by atoms with Gasteiger partial charge in [-0.3, -0.25) is 0 Å². The van der Waals surface area contributed by atoms with Crippen molar-refractivity contribution in [2.24, 2.45) is 0 Å². The van der Waals surface area contributed by atoms with Crippen LogP contribution in [0.3, 0.4) is 0 Å². The lowest BCUT2D eigenvalue weighted by Gasteiger charge is -2.12. The molecule has 0 unspecified atom stereocenters. The fourth-order valence-electron chi connectivity index (χ4n) is 2.11. The summed E-state index contributed by atoms with van der Waals surface area (Å²) in [5, 5.41) is 9.43. The van der Waals surface area contributed by atoms with E-state index in [-0.39, 0.29) is 5.75 Å². The van der Waals surface area contributed by atoms with Gasteiger partial charge in [-0.1, -0.05) is 18.9 Å². The molecule has 1 nitrogen and oxygen atoms in total. The van der Waals surface area contributed by atoms with Crippen LogP contribution in [-0.2, 0) is 0 Å². The van der Waals surface area contributed by atoms with Gasteiger partial charge in [-0.15, -0.1) is 0 Å². The minimum absolute atomic E-state index is 0.255. The molecular formula is C11H12BrFO. The third kappa shape index (κ3) is 1.65. The number of hydrogen-bond donors (Lipinski definition) is 1. The van der Waals surface area contributed by atoms with Gasteiger partial charge in [0.15, 0.2) is 11.6 Å². The Labute approximate surface area is 91.1 Å². The molecule has 76 valence electrons. The van der Waals surface area contributed by atoms with Crippen LogP contribution >= 0.6 is 15.9 Å². The molecule has 1 aromatic carbocycles. The first-order chi connectivity index (χ1) is 6.70. The molecule has 0 atom stereocenters. The molecular weight excluding hydrogens is 247 g/mol. The molecule has 0 spiro atoms. The number of benzene rings is 1. The van der Waals surface area contributed by atoms with Crippen molar-refractivity contribution >= 4 is 15.9 Å². The molecule has 14 heavy (non-hydrogen) atoms. The summed E-state index contributed by atoms with van der Waals surface area (Å²) in [6.07, 6.45) is 4.41. The maximum atomic E-state index is 13.6. The van der Waals surface area contributed by atoms with Crippen molar-refractivity contribution in [2.75, 3.05) is 0 Å². The molecule has 0 saturated heterocycles. The first-order valence-corrected chi connectivity index (χ1v) is 5.66. The van der Waals surface area contributed by atoms with Crippen molar-refractivity contribution in [3.05, 3.63) is 28.0 Å². The smallest absolute Gasteiger partial charge is 0.169 e. The number of phenols is 1. The molecule has 3 heteroatoms. The molecule has 1 saturated carbocycles. The van der Waals surface area contributed by atoms with Crippen LogP contribution in [0, 0.1) is 5.82 Å². The lowest BCUT2D eigenvalue weighted by Crippen LogP contribution is -1.97. The zero-order chi connectivity index (χ0) is 10.1. The Balaban J connectivity index is 2.38. The Kier molecular flexibility index (Phi) is 2.77. The highest BCUT2D eigenvalue weighted by Crippen LogP contribution is 2.39. The van der Waals surface area contributed by atoms with E-state index < -0.39 is 5.82 Å². The average Bonchev–Trinajstić information content (AvgIpc) is 2.67. The van der Waals surface area contributed by atoms with Gasteiger partial charge in [0.05, 0.1) is 4.47 Å². The standard InChI is InChI=1S/C11H12BrFO/c12-9-6-5-8(10(13)11(9)14)7-3-1-2-4-7/h5-7,14H,1-4H2. The van der Waals surface area contributed by atoms with E-state index in [1.54, 1.807) is 12.1 Å². The zero-order valence-electron chi connectivity index (χ0n) is 7.76. The molecule has 0 amide bonds. The first-order valence-electron chi connectivity index (χ1n) is 4.87. The van der Waals surface area contributed by atoms with Crippen LogP contribution in [0.15, 0.2) is 16.6 Å². The molecule has 0 heterocycles. The van der Waals surface area contributed by atoms with E-state index in [0.717, 1.165) is 12.8 Å². The summed E-state index contributed by atoms with van der Waals surface area (Å²) in [4.78, 5) is 0. The molecule has 1 aliphatic carbocycles. The van der Waals surface area contributed by atoms with Crippen LogP contribution < -0.4 is 0 Å². The van der Waals surface area contributed by atoms with Crippen molar-refractivity contribution in [1.29, 1.82) is 0 Å². The van der Waals surface area contributed by atoms with Crippen LogP contribution in [-0.4, -0.2) is 5.11 Å². The number of aromatic hydroxyl groups is 1. The van der Waals surface area contributed by atoms with E-state index in [1.165, 1.54) is 12.8 Å². The predicted octanol–water partition coefficient (Wildman–Crippen LogP) is 3.95. The van der Waals surface area contributed by atoms with Gasteiger partial charge in [-0.25, -0.2) is 4.39 Å². The SMILES string of the molecule is Oc1c(Br)ccc(C2CCCC2)c1F. The summed E-state index contributed by atoms with van der Waals surface area (Å²) in [5.41, 5.74) is 0.670. The highest BCUT2D eigenvalue weighted by molar-refractivity contribution is 9.10. The number of hydrogen-bond acceptors (Lipinski definition) is 1. The van der Waals surface area contributed by atoms with E-state index in [9.17, 15) is 9.50 Å². The predicted molar refractivity (Wildman–Crippen MR) is 57.0 cm³/mol. The van der Waals surface area contributed by atoms with Gasteiger partial charge in [0, 0.05) is 0 Å². The highest BCUT2D eigenvalue weighted by atomic mass is 79.9. The Morgan fingerprint density at radius 3 is 2.57 bits per heavy atom. The molecule has 0 radical (unpaired) electrons. The van der Waals surface area contributed by atoms with Gasteiger partial charge in [0.2, 0.25) is 0 Å². The summed E-state index contributed by atoms with van der Waals surface area (Å²) < 4.78 is 14.1. The van der Waals surface area contributed by atoms with Crippen molar-refractivity contribution in [3.8, 4) is 5.75 Å². The fraction of sp³-hybridized carbons (Fsp3) is 0.455. The highest BCUT2D eigenvalue weighted by Gasteiger charge is 2.22. The monoisotopic (exact) mass is 258 g/mol. The maximum absolute atomic E-state index is 13.6. The van der Waals surface area contributed by atoms with Gasteiger partial charge in [0.1, 0.15) is 0 Å². The molecule has 2 rings (SSSR count). The van der Waals surface area contributed by atoms with Crippen LogP contribution in [0.4, 0.5) is 4.39 Å². The molecule has 1 aromatic rings. The van der Waals surface area contributed by atoms with Gasteiger partial charge >= 0.3 is 0 Å². The summed E-state index contributed by atoms with van der Waals surface area (Å²) >= 11 is 3.10. The van der Waals surface area contributed by atoms with Gasteiger partial charge in [0.25, 0.3) is 0 Å². The molecule has 0 aromatic heterocycles. The van der Waals surface area contributed by atoms with Gasteiger partial charge in [-0.05, 0) is 46.3 Å². The summed E-state index contributed by atoms with van der Waals surface area (Å²) in [6, 6.07) is 3.49. The maximum Gasteiger partial charge on any atom is 0.169 e. The third-order valence-corrected chi connectivity index (χ3v) is 3.53. The largest absolute Gasteiger partial charge is 0.504 e. The normalized spacial score (nSPS) is 17.6. The average molecular weight is 259 g/mol. The van der Waals surface area contributed by atoms with Crippen molar-refractivity contribution in [1.82, 2.24) is 0 Å². The molecule has 0 aliphatic heterocycles. The summed E-state index contributed by atoms with van der Waals surface area (Å²) in [7, 11) is 0. The summed E-state index contributed by atoms with van der Waals surface area (Å²) in [5.74, 6) is -0.408. The Hall–Kier alpha value is -0.570. The van der Waals surface area contributed by atoms with E-state index >= 15 is 0 Å². The van der Waals surface area contributed by atoms with Gasteiger partial charge in [-0.2, -0.15) is 0 Å². The molecule has 0 bridgehead atoms. The Morgan fingerprint density at radius 2 is 1.93 bits per heavy atom. The van der Waals surface area contributed by atoms with E-state index in [2.05, 4.69) is 15.9 Å². The second kappa shape index (κ2) is 3.89. The van der Waals surface area contributed by atoms with Crippen molar-refractivity contribution in [3.63, 3.8) is 0 Å². The minimum Gasteiger partial charge on any atom is -0.504 e. The number of rotatable bonds is 1. The number of halogens is 2. The lowest BCUT2D eigenvalue weighted by molar-refractivity contribution is 0.421.